The van der Waals surface area contributed by atoms with Gasteiger partial charge in [0, 0.05) is 30.4 Å². The fraction of sp³-hybridized carbons (Fsp3) is 0.357. The molecule has 0 spiro atoms. The lowest BCUT2D eigenvalue weighted by Crippen LogP contribution is -2.32. The van der Waals surface area contributed by atoms with Crippen molar-refractivity contribution in [1.82, 2.24) is 14.9 Å². The number of aryl methyl sites for hydroxylation is 1. The van der Waals surface area contributed by atoms with Crippen molar-refractivity contribution in [3.8, 4) is 0 Å². The Bertz CT molecular complexity index is 487. The van der Waals surface area contributed by atoms with E-state index in [4.69, 9.17) is 0 Å². The van der Waals surface area contributed by atoms with Crippen LogP contribution in [-0.2, 0) is 7.05 Å². The molecule has 0 amide bonds. The van der Waals surface area contributed by atoms with Gasteiger partial charge in [-0.25, -0.2) is 4.98 Å². The SMILES string of the molecule is C=CCC(C)NC(c1cccs1)c1nccn1C. The predicted octanol–water partition coefficient (Wildman–Crippen LogP) is 3.13. The largest absolute Gasteiger partial charge is 0.336 e. The summed E-state index contributed by atoms with van der Waals surface area (Å²) in [4.78, 5) is 5.76. The van der Waals surface area contributed by atoms with E-state index in [1.165, 1.54) is 4.88 Å². The molecule has 0 saturated carbocycles. The summed E-state index contributed by atoms with van der Waals surface area (Å²) < 4.78 is 2.07. The van der Waals surface area contributed by atoms with Crippen molar-refractivity contribution >= 4 is 11.3 Å². The summed E-state index contributed by atoms with van der Waals surface area (Å²) in [6.45, 7) is 5.96. The third kappa shape index (κ3) is 2.89. The van der Waals surface area contributed by atoms with Gasteiger partial charge in [-0.3, -0.25) is 0 Å². The van der Waals surface area contributed by atoms with Gasteiger partial charge in [-0.2, -0.15) is 0 Å². The molecule has 3 nitrogen and oxygen atoms in total. The first-order chi connectivity index (χ1) is 8.72. The molecule has 0 aromatic carbocycles. The smallest absolute Gasteiger partial charge is 0.131 e. The van der Waals surface area contributed by atoms with Gasteiger partial charge in [0.15, 0.2) is 0 Å². The van der Waals surface area contributed by atoms with Gasteiger partial charge in [-0.15, -0.1) is 17.9 Å². The van der Waals surface area contributed by atoms with E-state index >= 15 is 0 Å². The summed E-state index contributed by atoms with van der Waals surface area (Å²) in [5, 5.41) is 5.72. The molecule has 0 fully saturated rings. The third-order valence-corrected chi connectivity index (χ3v) is 3.85. The van der Waals surface area contributed by atoms with Crippen LogP contribution in [0.15, 0.2) is 42.6 Å². The first kappa shape index (κ1) is 13.1. The van der Waals surface area contributed by atoms with Gasteiger partial charge >= 0.3 is 0 Å². The Morgan fingerprint density at radius 1 is 1.61 bits per heavy atom. The van der Waals surface area contributed by atoms with Gasteiger partial charge < -0.3 is 9.88 Å². The minimum atomic E-state index is 0.153. The van der Waals surface area contributed by atoms with Crippen LogP contribution >= 0.6 is 11.3 Å². The molecule has 96 valence electrons. The number of nitrogens with zero attached hydrogens (tertiary/aromatic N) is 2. The van der Waals surface area contributed by atoms with Crippen LogP contribution in [0.5, 0.6) is 0 Å². The van der Waals surface area contributed by atoms with Gasteiger partial charge in [0.1, 0.15) is 11.9 Å². The molecule has 0 aliphatic heterocycles. The van der Waals surface area contributed by atoms with Gasteiger partial charge in [0.25, 0.3) is 0 Å². The lowest BCUT2D eigenvalue weighted by molar-refractivity contribution is 0.483. The van der Waals surface area contributed by atoms with Crippen molar-refractivity contribution in [2.75, 3.05) is 0 Å². The number of hydrogen-bond acceptors (Lipinski definition) is 3. The summed E-state index contributed by atoms with van der Waals surface area (Å²) in [6, 6.07) is 4.76. The van der Waals surface area contributed by atoms with Crippen molar-refractivity contribution in [3.05, 3.63) is 53.3 Å². The second-order valence-corrected chi connectivity index (χ2v) is 5.42. The van der Waals surface area contributed by atoms with Crippen molar-refractivity contribution in [1.29, 1.82) is 0 Å². The van der Waals surface area contributed by atoms with Crippen LogP contribution in [0.25, 0.3) is 0 Å². The van der Waals surface area contributed by atoms with E-state index in [-0.39, 0.29) is 6.04 Å². The van der Waals surface area contributed by atoms with Crippen LogP contribution < -0.4 is 5.32 Å². The molecule has 1 N–H and O–H groups in total. The maximum Gasteiger partial charge on any atom is 0.131 e. The highest BCUT2D eigenvalue weighted by Gasteiger charge is 2.20. The molecule has 0 aliphatic rings. The van der Waals surface area contributed by atoms with E-state index in [1.807, 2.05) is 25.5 Å². The van der Waals surface area contributed by atoms with E-state index in [2.05, 4.69) is 45.9 Å². The summed E-state index contributed by atoms with van der Waals surface area (Å²) in [6.07, 6.45) is 6.72. The molecule has 18 heavy (non-hydrogen) atoms. The number of nitrogens with one attached hydrogen (secondary N) is 1. The highest BCUT2D eigenvalue weighted by Crippen LogP contribution is 2.25. The van der Waals surface area contributed by atoms with Crippen molar-refractivity contribution < 1.29 is 0 Å². The average Bonchev–Trinajstić information content (AvgIpc) is 2.97. The molecule has 2 unspecified atom stereocenters. The third-order valence-electron chi connectivity index (χ3n) is 2.92. The van der Waals surface area contributed by atoms with Gasteiger partial charge in [-0.05, 0) is 24.8 Å². The fourth-order valence-corrected chi connectivity index (χ4v) is 2.78. The zero-order valence-electron chi connectivity index (χ0n) is 10.8. The van der Waals surface area contributed by atoms with Crippen LogP contribution in [0, 0.1) is 0 Å². The molecule has 0 radical (unpaired) electrons. The van der Waals surface area contributed by atoms with E-state index in [9.17, 15) is 0 Å². The summed E-state index contributed by atoms with van der Waals surface area (Å²) in [5.74, 6) is 1.05. The molecule has 2 atom stereocenters. The second-order valence-electron chi connectivity index (χ2n) is 4.44. The number of hydrogen-bond donors (Lipinski definition) is 1. The molecule has 0 saturated heterocycles. The molecule has 2 heterocycles. The number of rotatable bonds is 6. The Labute approximate surface area is 112 Å². The Kier molecular flexibility index (Phi) is 4.33. The molecule has 0 aliphatic carbocycles. The number of aromatic nitrogens is 2. The second kappa shape index (κ2) is 5.98. The van der Waals surface area contributed by atoms with E-state index in [0.29, 0.717) is 6.04 Å². The summed E-state index contributed by atoms with van der Waals surface area (Å²) >= 11 is 1.76. The van der Waals surface area contributed by atoms with Gasteiger partial charge in [0.05, 0.1) is 0 Å². The van der Waals surface area contributed by atoms with Crippen molar-refractivity contribution in [2.24, 2.45) is 7.05 Å². The molecular formula is C14H19N3S. The average molecular weight is 261 g/mol. The number of thiophene rings is 1. The minimum absolute atomic E-state index is 0.153. The van der Waals surface area contributed by atoms with Crippen molar-refractivity contribution in [3.63, 3.8) is 0 Å². The fourth-order valence-electron chi connectivity index (χ4n) is 2.00. The monoisotopic (exact) mass is 261 g/mol. The zero-order valence-corrected chi connectivity index (χ0v) is 11.7. The Hall–Kier alpha value is -1.39. The van der Waals surface area contributed by atoms with Crippen LogP contribution in [-0.4, -0.2) is 15.6 Å². The van der Waals surface area contributed by atoms with Crippen LogP contribution in [0.3, 0.4) is 0 Å². The van der Waals surface area contributed by atoms with Crippen LogP contribution in [0.2, 0.25) is 0 Å². The summed E-state index contributed by atoms with van der Waals surface area (Å²) in [5.41, 5.74) is 0. The molecule has 2 aromatic heterocycles. The lowest BCUT2D eigenvalue weighted by Gasteiger charge is -2.21. The Morgan fingerprint density at radius 2 is 2.44 bits per heavy atom. The molecule has 2 rings (SSSR count). The first-order valence-electron chi connectivity index (χ1n) is 6.10. The maximum atomic E-state index is 4.47. The number of imidazole rings is 1. The van der Waals surface area contributed by atoms with E-state index in [1.54, 1.807) is 11.3 Å². The standard InChI is InChI=1S/C14H19N3S/c1-4-6-11(2)16-13(12-7-5-10-18-12)14-15-8-9-17(14)3/h4-5,7-11,13,16H,1,6H2,2-3H3. The minimum Gasteiger partial charge on any atom is -0.336 e. The van der Waals surface area contributed by atoms with Gasteiger partial charge in [-0.1, -0.05) is 12.1 Å². The Balaban J connectivity index is 2.24. The topological polar surface area (TPSA) is 29.9 Å². The predicted molar refractivity (Wildman–Crippen MR) is 76.8 cm³/mol. The summed E-state index contributed by atoms with van der Waals surface area (Å²) in [7, 11) is 2.03. The highest BCUT2D eigenvalue weighted by atomic mass is 32.1. The quantitative estimate of drug-likeness (QED) is 0.810. The normalized spacial score (nSPS) is 14.3. The molecule has 2 aromatic rings. The van der Waals surface area contributed by atoms with Crippen molar-refractivity contribution in [2.45, 2.75) is 25.4 Å². The lowest BCUT2D eigenvalue weighted by atomic mass is 10.1. The highest BCUT2D eigenvalue weighted by molar-refractivity contribution is 7.10. The maximum absolute atomic E-state index is 4.47. The van der Waals surface area contributed by atoms with Gasteiger partial charge in [0.2, 0.25) is 0 Å². The van der Waals surface area contributed by atoms with Crippen LogP contribution in [0.4, 0.5) is 0 Å². The Morgan fingerprint density at radius 3 is 3.00 bits per heavy atom. The van der Waals surface area contributed by atoms with Crippen LogP contribution in [0.1, 0.15) is 30.1 Å². The van der Waals surface area contributed by atoms with E-state index in [0.717, 1.165) is 12.2 Å². The van der Waals surface area contributed by atoms with E-state index < -0.39 is 0 Å². The molecular weight excluding hydrogens is 242 g/mol. The zero-order chi connectivity index (χ0) is 13.0. The first-order valence-corrected chi connectivity index (χ1v) is 6.98. The molecule has 4 heteroatoms. The molecule has 0 bridgehead atoms.